The molecule has 89 valence electrons. The topological polar surface area (TPSA) is 12.9 Å². The summed E-state index contributed by atoms with van der Waals surface area (Å²) in [5.74, 6) is 0. The van der Waals surface area contributed by atoms with Crippen LogP contribution in [0.5, 0.6) is 0 Å². The summed E-state index contributed by atoms with van der Waals surface area (Å²) in [5.41, 5.74) is 3.50. The molecule has 0 atom stereocenters. The Balaban J connectivity index is 2.11. The normalized spacial score (nSPS) is 10.7. The van der Waals surface area contributed by atoms with Crippen molar-refractivity contribution in [2.45, 2.75) is 32.6 Å². The fourth-order valence-electron chi connectivity index (χ4n) is 1.88. The van der Waals surface area contributed by atoms with Crippen molar-refractivity contribution in [2.24, 2.45) is 0 Å². The molecule has 0 N–H and O–H groups in total. The number of hydrogen-bond donors (Lipinski definition) is 0. The summed E-state index contributed by atoms with van der Waals surface area (Å²) in [7, 11) is 0. The van der Waals surface area contributed by atoms with E-state index in [0.29, 0.717) is 0 Å². The maximum atomic E-state index is 4.43. The van der Waals surface area contributed by atoms with Crippen molar-refractivity contribution in [3.05, 3.63) is 47.8 Å². The smallest absolute Gasteiger partial charge is 0.123 e. The number of rotatable bonds is 5. The Morgan fingerprint density at radius 1 is 1.29 bits per heavy atom. The zero-order valence-corrected chi connectivity index (χ0v) is 11.1. The van der Waals surface area contributed by atoms with Crippen LogP contribution < -0.4 is 0 Å². The number of hydrogen-bond acceptors (Lipinski definition) is 2. The van der Waals surface area contributed by atoms with Gasteiger partial charge in [0.05, 0.1) is 5.69 Å². The van der Waals surface area contributed by atoms with Gasteiger partial charge in [-0.15, -0.1) is 11.3 Å². The van der Waals surface area contributed by atoms with Gasteiger partial charge in [0.15, 0.2) is 0 Å². The molecule has 17 heavy (non-hydrogen) atoms. The molecule has 2 heteroatoms. The molecule has 2 aromatic rings. The van der Waals surface area contributed by atoms with E-state index in [9.17, 15) is 0 Å². The van der Waals surface area contributed by atoms with Crippen LogP contribution in [0.1, 0.15) is 37.4 Å². The molecule has 0 unspecified atom stereocenters. The molecule has 0 saturated carbocycles. The lowest BCUT2D eigenvalue weighted by Crippen LogP contribution is -1.86. The summed E-state index contributed by atoms with van der Waals surface area (Å²) >= 11 is 1.67. The highest BCUT2D eigenvalue weighted by Crippen LogP contribution is 2.24. The number of thiazole rings is 1. The van der Waals surface area contributed by atoms with Gasteiger partial charge in [-0.25, -0.2) is 4.98 Å². The molecule has 1 nitrogen and oxygen atoms in total. The molecule has 1 radical (unpaired) electrons. The third-order valence-corrected chi connectivity index (χ3v) is 3.73. The SMILES string of the molecule is [CH2]c1csc(-c2cccc(CCCCC)c2)n1. The van der Waals surface area contributed by atoms with Gasteiger partial charge in [-0.05, 0) is 31.4 Å². The van der Waals surface area contributed by atoms with Crippen LogP contribution >= 0.6 is 11.3 Å². The first kappa shape index (κ1) is 12.3. The van der Waals surface area contributed by atoms with Gasteiger partial charge in [0.1, 0.15) is 5.01 Å². The van der Waals surface area contributed by atoms with Crippen molar-refractivity contribution in [2.75, 3.05) is 0 Å². The van der Waals surface area contributed by atoms with Crippen LogP contribution in [-0.4, -0.2) is 4.98 Å². The fraction of sp³-hybridized carbons (Fsp3) is 0.333. The highest BCUT2D eigenvalue weighted by Gasteiger charge is 2.03. The molecular weight excluding hydrogens is 226 g/mol. The minimum atomic E-state index is 0.862. The van der Waals surface area contributed by atoms with Gasteiger partial charge in [0.25, 0.3) is 0 Å². The zero-order chi connectivity index (χ0) is 12.1. The first-order valence-corrected chi connectivity index (χ1v) is 7.04. The van der Waals surface area contributed by atoms with Crippen molar-refractivity contribution < 1.29 is 0 Å². The minimum absolute atomic E-state index is 0.862. The predicted octanol–water partition coefficient (Wildman–Crippen LogP) is 4.72. The Hall–Kier alpha value is -1.15. The average Bonchev–Trinajstić information content (AvgIpc) is 2.77. The average molecular weight is 244 g/mol. The summed E-state index contributed by atoms with van der Waals surface area (Å²) < 4.78 is 0. The highest BCUT2D eigenvalue weighted by molar-refractivity contribution is 7.13. The molecular formula is C15H18NS. The first-order chi connectivity index (χ1) is 8.29. The van der Waals surface area contributed by atoms with Gasteiger partial charge in [0, 0.05) is 10.9 Å². The van der Waals surface area contributed by atoms with Crippen LogP contribution in [-0.2, 0) is 6.42 Å². The molecule has 1 aromatic heterocycles. The van der Waals surface area contributed by atoms with E-state index in [4.69, 9.17) is 0 Å². The Morgan fingerprint density at radius 3 is 2.88 bits per heavy atom. The van der Waals surface area contributed by atoms with Crippen LogP contribution in [0.15, 0.2) is 29.6 Å². The van der Waals surface area contributed by atoms with E-state index < -0.39 is 0 Å². The van der Waals surface area contributed by atoms with Crippen molar-refractivity contribution in [1.82, 2.24) is 4.98 Å². The number of unbranched alkanes of at least 4 members (excludes halogenated alkanes) is 2. The van der Waals surface area contributed by atoms with E-state index in [1.165, 1.54) is 36.8 Å². The summed E-state index contributed by atoms with van der Waals surface area (Å²) in [6, 6.07) is 8.72. The van der Waals surface area contributed by atoms with E-state index in [1.54, 1.807) is 11.3 Å². The van der Waals surface area contributed by atoms with Crippen LogP contribution in [0.2, 0.25) is 0 Å². The second-order valence-corrected chi connectivity index (χ2v) is 5.16. The van der Waals surface area contributed by atoms with E-state index >= 15 is 0 Å². The molecule has 2 rings (SSSR count). The Morgan fingerprint density at radius 2 is 2.18 bits per heavy atom. The maximum Gasteiger partial charge on any atom is 0.123 e. The molecule has 1 heterocycles. The van der Waals surface area contributed by atoms with E-state index in [0.717, 1.165) is 10.7 Å². The third kappa shape index (κ3) is 3.40. The summed E-state index contributed by atoms with van der Waals surface area (Å²) in [6.07, 6.45) is 5.03. The second kappa shape index (κ2) is 5.97. The third-order valence-electron chi connectivity index (χ3n) is 2.79. The lowest BCUT2D eigenvalue weighted by Gasteiger charge is -2.03. The highest BCUT2D eigenvalue weighted by atomic mass is 32.1. The molecule has 0 aliphatic rings. The largest absolute Gasteiger partial charge is 0.241 e. The maximum absolute atomic E-state index is 4.43. The summed E-state index contributed by atoms with van der Waals surface area (Å²) in [6.45, 7) is 6.09. The Labute approximate surface area is 108 Å². The van der Waals surface area contributed by atoms with Crippen LogP contribution in [0.25, 0.3) is 10.6 Å². The lowest BCUT2D eigenvalue weighted by atomic mass is 10.0. The molecule has 0 bridgehead atoms. The number of benzene rings is 1. The second-order valence-electron chi connectivity index (χ2n) is 4.30. The molecule has 0 fully saturated rings. The van der Waals surface area contributed by atoms with Crippen LogP contribution in [0, 0.1) is 6.92 Å². The molecule has 0 spiro atoms. The van der Waals surface area contributed by atoms with E-state index in [1.807, 2.05) is 5.38 Å². The van der Waals surface area contributed by atoms with Gasteiger partial charge in [-0.3, -0.25) is 0 Å². The van der Waals surface area contributed by atoms with Gasteiger partial charge < -0.3 is 0 Å². The lowest BCUT2D eigenvalue weighted by molar-refractivity contribution is 0.717. The van der Waals surface area contributed by atoms with Crippen molar-refractivity contribution >= 4 is 11.3 Å². The molecule has 0 amide bonds. The van der Waals surface area contributed by atoms with Gasteiger partial charge >= 0.3 is 0 Å². The summed E-state index contributed by atoms with van der Waals surface area (Å²) in [5, 5.41) is 3.08. The first-order valence-electron chi connectivity index (χ1n) is 6.16. The van der Waals surface area contributed by atoms with Crippen LogP contribution in [0.3, 0.4) is 0 Å². The van der Waals surface area contributed by atoms with Gasteiger partial charge in [-0.2, -0.15) is 0 Å². The van der Waals surface area contributed by atoms with Crippen LogP contribution in [0.4, 0.5) is 0 Å². The van der Waals surface area contributed by atoms with Gasteiger partial charge in [-0.1, -0.05) is 38.0 Å². The molecule has 0 aliphatic heterocycles. The van der Waals surface area contributed by atoms with E-state index in [2.05, 4.69) is 43.1 Å². The predicted molar refractivity (Wildman–Crippen MR) is 75.2 cm³/mol. The Kier molecular flexibility index (Phi) is 4.32. The monoisotopic (exact) mass is 244 g/mol. The number of nitrogens with zero attached hydrogens (tertiary/aromatic N) is 1. The fourth-order valence-corrected chi connectivity index (χ4v) is 2.61. The molecule has 1 aromatic carbocycles. The van der Waals surface area contributed by atoms with Crippen molar-refractivity contribution in [1.29, 1.82) is 0 Å². The molecule has 0 aliphatic carbocycles. The zero-order valence-electron chi connectivity index (χ0n) is 10.3. The number of aryl methyl sites for hydroxylation is 1. The van der Waals surface area contributed by atoms with Crippen molar-refractivity contribution in [3.63, 3.8) is 0 Å². The quantitative estimate of drug-likeness (QED) is 0.693. The van der Waals surface area contributed by atoms with Gasteiger partial charge in [0.2, 0.25) is 0 Å². The van der Waals surface area contributed by atoms with Crippen molar-refractivity contribution in [3.8, 4) is 10.6 Å². The summed E-state index contributed by atoms with van der Waals surface area (Å²) in [4.78, 5) is 4.43. The number of aromatic nitrogens is 1. The molecule has 0 saturated heterocycles. The Bertz CT molecular complexity index is 473. The minimum Gasteiger partial charge on any atom is -0.241 e. The standard InChI is InChI=1S/C15H18NS/c1-3-4-5-7-13-8-6-9-14(10-13)15-16-12(2)11-17-15/h6,8-11H,2-5,7H2,1H3. The van der Waals surface area contributed by atoms with E-state index in [-0.39, 0.29) is 0 Å².